The van der Waals surface area contributed by atoms with E-state index in [0.29, 0.717) is 5.57 Å². The summed E-state index contributed by atoms with van der Waals surface area (Å²) in [5.74, 6) is -5.11. The Morgan fingerprint density at radius 1 is 0.913 bits per heavy atom. The maximum Gasteiger partial charge on any atom is 0.319 e. The fourth-order valence-corrected chi connectivity index (χ4v) is 4.21. The smallest absolute Gasteiger partial charge is 0.319 e. The van der Waals surface area contributed by atoms with Crippen LogP contribution in [0.4, 0.5) is 5.69 Å². The highest BCUT2D eigenvalue weighted by atomic mass is 16.6. The summed E-state index contributed by atoms with van der Waals surface area (Å²) in [4.78, 5) is 48.8. The summed E-state index contributed by atoms with van der Waals surface area (Å²) in [5.41, 5.74) is 2.47. The molecule has 3 heterocycles. The lowest BCUT2D eigenvalue weighted by molar-refractivity contribution is -0.154. The van der Waals surface area contributed by atoms with Crippen molar-refractivity contribution in [1.82, 2.24) is 5.32 Å². The van der Waals surface area contributed by atoms with Gasteiger partial charge in [-0.2, -0.15) is 0 Å². The molecule has 2 N–H and O–H groups in total. The highest BCUT2D eigenvalue weighted by molar-refractivity contribution is 6.23. The molecule has 3 aliphatic heterocycles. The molecule has 0 radical (unpaired) electrons. The van der Waals surface area contributed by atoms with Crippen molar-refractivity contribution in [2.24, 2.45) is 17.8 Å². The standard InChI is InChI=1S/C16H10N2O5/c19-13-8-7-5-3-1-2-4-6(5)17-12(7)11-10(9(8)14(20)18-13)15(21)23-16(11)22/h1-4,9-12,17H,(H,18,19,20)/t9-,10-,11-,12+/m0/s1. The van der Waals surface area contributed by atoms with Crippen LogP contribution in [-0.2, 0) is 23.9 Å². The number of hydrogen-bond acceptors (Lipinski definition) is 6. The van der Waals surface area contributed by atoms with E-state index in [-0.39, 0.29) is 5.57 Å². The van der Waals surface area contributed by atoms with E-state index in [1.165, 1.54) is 0 Å². The molecule has 0 unspecified atom stereocenters. The van der Waals surface area contributed by atoms with Crippen LogP contribution in [0.2, 0.25) is 0 Å². The molecule has 114 valence electrons. The third-order valence-corrected chi connectivity index (χ3v) is 5.05. The molecule has 1 aromatic carbocycles. The molecule has 1 aromatic rings. The fourth-order valence-electron chi connectivity index (χ4n) is 4.21. The zero-order valence-electron chi connectivity index (χ0n) is 11.7. The number of nitrogens with one attached hydrogen (secondary N) is 2. The van der Waals surface area contributed by atoms with E-state index < -0.39 is 47.5 Å². The third kappa shape index (κ3) is 1.35. The molecule has 7 heteroatoms. The van der Waals surface area contributed by atoms with E-state index in [2.05, 4.69) is 10.6 Å². The van der Waals surface area contributed by atoms with Crippen molar-refractivity contribution in [1.29, 1.82) is 0 Å². The molecule has 0 saturated carbocycles. The molecule has 2 fully saturated rings. The Hall–Kier alpha value is -2.96. The van der Waals surface area contributed by atoms with Gasteiger partial charge >= 0.3 is 11.9 Å². The second-order valence-corrected chi connectivity index (χ2v) is 6.08. The number of hydrogen-bond donors (Lipinski definition) is 2. The Morgan fingerprint density at radius 2 is 1.65 bits per heavy atom. The summed E-state index contributed by atoms with van der Waals surface area (Å²) in [5, 5.41) is 5.47. The Labute approximate surface area is 129 Å². The second kappa shape index (κ2) is 3.87. The topological polar surface area (TPSA) is 102 Å². The van der Waals surface area contributed by atoms with Crippen molar-refractivity contribution < 1.29 is 23.9 Å². The minimum atomic E-state index is -0.953. The van der Waals surface area contributed by atoms with Crippen molar-refractivity contribution in [2.75, 3.05) is 5.32 Å². The van der Waals surface area contributed by atoms with Gasteiger partial charge in [-0.05, 0) is 11.6 Å². The van der Waals surface area contributed by atoms with Crippen LogP contribution < -0.4 is 10.6 Å². The Bertz CT molecular complexity index is 871. The maximum absolute atomic E-state index is 12.3. The predicted octanol–water partition coefficient (Wildman–Crippen LogP) is -0.164. The third-order valence-electron chi connectivity index (χ3n) is 5.05. The molecular weight excluding hydrogens is 300 g/mol. The first-order valence-electron chi connectivity index (χ1n) is 7.28. The van der Waals surface area contributed by atoms with Crippen LogP contribution in [-0.4, -0.2) is 29.8 Å². The van der Waals surface area contributed by atoms with Crippen LogP contribution in [0.3, 0.4) is 0 Å². The number of anilines is 1. The first-order valence-corrected chi connectivity index (χ1v) is 7.28. The zero-order chi connectivity index (χ0) is 15.9. The van der Waals surface area contributed by atoms with E-state index in [9.17, 15) is 19.2 Å². The molecule has 4 atom stereocenters. The average molecular weight is 310 g/mol. The summed E-state index contributed by atoms with van der Waals surface area (Å²) < 4.78 is 4.77. The van der Waals surface area contributed by atoms with Crippen molar-refractivity contribution in [2.45, 2.75) is 6.04 Å². The number of para-hydroxylation sites is 1. The lowest BCUT2D eigenvalue weighted by Crippen LogP contribution is -2.44. The Kier molecular flexibility index (Phi) is 2.11. The lowest BCUT2D eigenvalue weighted by Gasteiger charge is -2.31. The molecule has 0 bridgehead atoms. The van der Waals surface area contributed by atoms with Crippen molar-refractivity contribution in [3.63, 3.8) is 0 Å². The number of rotatable bonds is 0. The van der Waals surface area contributed by atoms with E-state index in [1.54, 1.807) is 0 Å². The van der Waals surface area contributed by atoms with Gasteiger partial charge in [0.15, 0.2) is 0 Å². The van der Waals surface area contributed by atoms with Crippen molar-refractivity contribution in [3.05, 3.63) is 35.4 Å². The summed E-state index contributed by atoms with van der Waals surface area (Å²) in [6.45, 7) is 0. The lowest BCUT2D eigenvalue weighted by atomic mass is 9.68. The number of carbonyl (C=O) groups is 4. The molecule has 23 heavy (non-hydrogen) atoms. The van der Waals surface area contributed by atoms with Gasteiger partial charge in [0.1, 0.15) is 0 Å². The quantitative estimate of drug-likeness (QED) is 0.392. The van der Waals surface area contributed by atoms with Crippen LogP contribution in [0.1, 0.15) is 5.56 Å². The first kappa shape index (κ1) is 12.6. The summed E-state index contributed by atoms with van der Waals surface area (Å²) in [7, 11) is 0. The van der Waals surface area contributed by atoms with Gasteiger partial charge in [-0.25, -0.2) is 0 Å². The molecule has 5 rings (SSSR count). The van der Waals surface area contributed by atoms with Gasteiger partial charge in [0, 0.05) is 16.8 Å². The van der Waals surface area contributed by atoms with Crippen LogP contribution >= 0.6 is 0 Å². The van der Waals surface area contributed by atoms with E-state index in [1.807, 2.05) is 24.3 Å². The predicted molar refractivity (Wildman–Crippen MR) is 75.5 cm³/mol. The largest absolute Gasteiger partial charge is 0.393 e. The first-order chi connectivity index (χ1) is 11.1. The fraction of sp³-hybridized carbons (Fsp3) is 0.250. The van der Waals surface area contributed by atoms with Gasteiger partial charge in [0.2, 0.25) is 5.91 Å². The molecule has 2 saturated heterocycles. The number of imide groups is 1. The van der Waals surface area contributed by atoms with Crippen LogP contribution in [0.5, 0.6) is 0 Å². The minimum absolute atomic E-state index is 0.283. The van der Waals surface area contributed by atoms with Gasteiger partial charge in [-0.15, -0.1) is 0 Å². The average Bonchev–Trinajstić information content (AvgIpc) is 3.12. The molecule has 2 amide bonds. The highest BCUT2D eigenvalue weighted by Crippen LogP contribution is 2.53. The van der Waals surface area contributed by atoms with Gasteiger partial charge in [0.05, 0.1) is 23.8 Å². The monoisotopic (exact) mass is 310 g/mol. The minimum Gasteiger partial charge on any atom is -0.393 e. The van der Waals surface area contributed by atoms with Gasteiger partial charge in [-0.3, -0.25) is 24.5 Å². The molecule has 7 nitrogen and oxygen atoms in total. The number of carbonyl (C=O) groups excluding carboxylic acids is 4. The van der Waals surface area contributed by atoms with Crippen molar-refractivity contribution >= 4 is 35.0 Å². The summed E-state index contributed by atoms with van der Waals surface area (Å²) >= 11 is 0. The number of benzene rings is 1. The zero-order valence-corrected chi connectivity index (χ0v) is 11.7. The second-order valence-electron chi connectivity index (χ2n) is 6.08. The highest BCUT2D eigenvalue weighted by Gasteiger charge is 2.63. The Morgan fingerprint density at radius 3 is 2.48 bits per heavy atom. The molecular formula is C16H10N2O5. The van der Waals surface area contributed by atoms with Crippen LogP contribution in [0, 0.1) is 17.8 Å². The Balaban J connectivity index is 1.83. The summed E-state index contributed by atoms with van der Waals surface area (Å²) in [6.07, 6.45) is 0. The SMILES string of the molecule is O=C1NC(=O)[C@H]2C1=C1c3ccccc3N[C@H]1[C@H]1C(=O)OC(=O)[C@@H]21. The van der Waals surface area contributed by atoms with Crippen LogP contribution in [0.25, 0.3) is 5.57 Å². The number of esters is 2. The van der Waals surface area contributed by atoms with E-state index >= 15 is 0 Å². The maximum atomic E-state index is 12.3. The van der Waals surface area contributed by atoms with Crippen molar-refractivity contribution in [3.8, 4) is 0 Å². The normalized spacial score (nSPS) is 33.6. The molecule has 0 spiro atoms. The molecule has 4 aliphatic rings. The number of ether oxygens (including phenoxy) is 1. The molecule has 1 aliphatic carbocycles. The summed E-state index contributed by atoms with van der Waals surface area (Å²) in [6, 6.07) is 6.80. The van der Waals surface area contributed by atoms with Gasteiger partial charge in [-0.1, -0.05) is 18.2 Å². The molecule has 0 aromatic heterocycles. The number of amides is 2. The number of cyclic esters (lactones) is 2. The van der Waals surface area contributed by atoms with Gasteiger partial charge in [0.25, 0.3) is 5.91 Å². The number of fused-ring (bicyclic) bond motifs is 7. The van der Waals surface area contributed by atoms with E-state index in [4.69, 9.17) is 4.74 Å². The van der Waals surface area contributed by atoms with Crippen LogP contribution in [0.15, 0.2) is 29.8 Å². The van der Waals surface area contributed by atoms with E-state index in [0.717, 1.165) is 11.3 Å². The van der Waals surface area contributed by atoms with Gasteiger partial charge < -0.3 is 10.1 Å².